The molecule has 1 saturated heterocycles. The van der Waals surface area contributed by atoms with Gasteiger partial charge in [-0.15, -0.1) is 0 Å². The number of nitrogens with zero attached hydrogens (tertiary/aromatic N) is 3. The van der Waals surface area contributed by atoms with E-state index < -0.39 is 0 Å². The van der Waals surface area contributed by atoms with Crippen LogP contribution >= 0.6 is 15.9 Å². The number of halogens is 1. The van der Waals surface area contributed by atoms with Gasteiger partial charge in [-0.05, 0) is 42.2 Å². The Morgan fingerprint density at radius 3 is 2.63 bits per heavy atom. The fourth-order valence-corrected chi connectivity index (χ4v) is 2.83. The van der Waals surface area contributed by atoms with Crippen molar-refractivity contribution in [3.8, 4) is 0 Å². The zero-order valence-corrected chi connectivity index (χ0v) is 13.1. The third-order valence-corrected chi connectivity index (χ3v) is 4.45. The van der Waals surface area contributed by atoms with Gasteiger partial charge in [0.2, 0.25) is 0 Å². The Morgan fingerprint density at radius 2 is 2.05 bits per heavy atom. The summed E-state index contributed by atoms with van der Waals surface area (Å²) >= 11 is 3.38. The van der Waals surface area contributed by atoms with E-state index in [-0.39, 0.29) is 5.56 Å². The molecule has 0 aromatic carbocycles. The Bertz CT molecular complexity index is 480. The van der Waals surface area contributed by atoms with E-state index in [9.17, 15) is 4.79 Å². The van der Waals surface area contributed by atoms with Crippen molar-refractivity contribution in [2.75, 3.05) is 25.0 Å². The summed E-state index contributed by atoms with van der Waals surface area (Å²) in [5.41, 5.74) is 0.739. The van der Waals surface area contributed by atoms with Crippen LogP contribution in [0.2, 0.25) is 0 Å². The Hall–Kier alpha value is -0.880. The lowest BCUT2D eigenvalue weighted by atomic mass is 10.1. The number of rotatable bonds is 4. The van der Waals surface area contributed by atoms with Crippen molar-refractivity contribution in [1.29, 1.82) is 0 Å². The first-order chi connectivity index (χ1) is 9.15. The number of hydrogen-bond donors (Lipinski definition) is 1. The zero-order chi connectivity index (χ0) is 13.8. The van der Waals surface area contributed by atoms with Crippen LogP contribution in [0.1, 0.15) is 26.7 Å². The Balaban J connectivity index is 2.04. The summed E-state index contributed by atoms with van der Waals surface area (Å²) in [4.78, 5) is 14.4. The summed E-state index contributed by atoms with van der Waals surface area (Å²) in [5.74, 6) is 0. The number of aryl methyl sites for hydroxylation is 1. The van der Waals surface area contributed by atoms with E-state index in [1.165, 1.54) is 4.68 Å². The maximum absolute atomic E-state index is 12.0. The summed E-state index contributed by atoms with van der Waals surface area (Å²) < 4.78 is 2.04. The molecule has 1 aromatic heterocycles. The highest BCUT2D eigenvalue weighted by Gasteiger charge is 2.19. The maximum Gasteiger partial charge on any atom is 0.283 e. The van der Waals surface area contributed by atoms with Gasteiger partial charge in [0.15, 0.2) is 0 Å². The van der Waals surface area contributed by atoms with E-state index in [4.69, 9.17) is 0 Å². The molecule has 5 nitrogen and oxygen atoms in total. The van der Waals surface area contributed by atoms with Gasteiger partial charge in [0.05, 0.1) is 11.9 Å². The van der Waals surface area contributed by atoms with Crippen LogP contribution < -0.4 is 10.9 Å². The lowest BCUT2D eigenvalue weighted by Gasteiger charge is -2.32. The fourth-order valence-electron chi connectivity index (χ4n) is 2.40. The number of anilines is 1. The number of likely N-dealkylation sites (tertiary alicyclic amines) is 1. The molecular formula is C13H21BrN4O. The topological polar surface area (TPSA) is 50.2 Å². The third-order valence-electron chi connectivity index (χ3n) is 3.68. The molecule has 19 heavy (non-hydrogen) atoms. The van der Waals surface area contributed by atoms with Crippen molar-refractivity contribution in [1.82, 2.24) is 14.7 Å². The van der Waals surface area contributed by atoms with Crippen molar-refractivity contribution in [2.24, 2.45) is 0 Å². The summed E-state index contributed by atoms with van der Waals surface area (Å²) in [6.45, 7) is 8.04. The predicted octanol–water partition coefficient (Wildman–Crippen LogP) is 1.92. The van der Waals surface area contributed by atoms with Crippen molar-refractivity contribution >= 4 is 21.6 Å². The highest BCUT2D eigenvalue weighted by Crippen LogP contribution is 2.21. The van der Waals surface area contributed by atoms with Gasteiger partial charge in [0.25, 0.3) is 5.56 Å². The van der Waals surface area contributed by atoms with Crippen molar-refractivity contribution in [3.05, 3.63) is 21.0 Å². The minimum absolute atomic E-state index is 0.0708. The van der Waals surface area contributed by atoms with Crippen molar-refractivity contribution < 1.29 is 0 Å². The zero-order valence-electron chi connectivity index (χ0n) is 11.5. The summed E-state index contributed by atoms with van der Waals surface area (Å²) in [6, 6.07) is 0.428. The average Bonchev–Trinajstić information content (AvgIpc) is 2.45. The molecule has 1 aromatic rings. The Kier molecular flexibility index (Phi) is 4.99. The third kappa shape index (κ3) is 3.36. The standard InChI is InChI=1S/C13H21BrN4O/c1-3-17-7-5-10(6-8-17)16-11-9-15-18(4-2)13(19)12(11)14/h9-10,16H,3-8H2,1-2H3. The van der Waals surface area contributed by atoms with Gasteiger partial charge in [0, 0.05) is 25.7 Å². The summed E-state index contributed by atoms with van der Waals surface area (Å²) in [5, 5.41) is 7.59. The molecule has 1 fully saturated rings. The normalized spacial score (nSPS) is 17.6. The number of aromatic nitrogens is 2. The van der Waals surface area contributed by atoms with Gasteiger partial charge < -0.3 is 10.2 Å². The van der Waals surface area contributed by atoms with Gasteiger partial charge in [-0.3, -0.25) is 4.79 Å². The molecule has 1 aliphatic rings. The molecule has 0 saturated carbocycles. The van der Waals surface area contributed by atoms with Gasteiger partial charge in [-0.2, -0.15) is 5.10 Å². The molecule has 0 aliphatic carbocycles. The molecule has 0 spiro atoms. The van der Waals surface area contributed by atoms with Crippen molar-refractivity contribution in [2.45, 2.75) is 39.3 Å². The smallest absolute Gasteiger partial charge is 0.283 e. The molecule has 2 rings (SSSR count). The second kappa shape index (κ2) is 6.52. The molecule has 0 unspecified atom stereocenters. The molecule has 0 radical (unpaired) electrons. The van der Waals surface area contributed by atoms with Gasteiger partial charge >= 0.3 is 0 Å². The van der Waals surface area contributed by atoms with Crippen LogP contribution in [-0.4, -0.2) is 40.4 Å². The van der Waals surface area contributed by atoms with E-state index >= 15 is 0 Å². The number of hydrogen-bond acceptors (Lipinski definition) is 4. The van der Waals surface area contributed by atoms with Gasteiger partial charge in [-0.1, -0.05) is 6.92 Å². The lowest BCUT2D eigenvalue weighted by molar-refractivity contribution is 0.229. The number of piperidine rings is 1. The molecule has 0 amide bonds. The van der Waals surface area contributed by atoms with E-state index in [1.54, 1.807) is 6.20 Å². The second-order valence-corrected chi connectivity index (χ2v) is 5.64. The van der Waals surface area contributed by atoms with Crippen LogP contribution in [0, 0.1) is 0 Å². The Morgan fingerprint density at radius 1 is 1.37 bits per heavy atom. The molecular weight excluding hydrogens is 308 g/mol. The lowest BCUT2D eigenvalue weighted by Crippen LogP contribution is -2.39. The first-order valence-corrected chi connectivity index (χ1v) is 7.69. The van der Waals surface area contributed by atoms with E-state index in [2.05, 4.69) is 38.2 Å². The number of nitrogens with one attached hydrogen (secondary N) is 1. The van der Waals surface area contributed by atoms with E-state index in [0.29, 0.717) is 17.1 Å². The van der Waals surface area contributed by atoms with Crippen LogP contribution in [0.5, 0.6) is 0 Å². The minimum atomic E-state index is -0.0708. The van der Waals surface area contributed by atoms with Crippen LogP contribution in [0.25, 0.3) is 0 Å². The van der Waals surface area contributed by atoms with Crippen LogP contribution in [0.3, 0.4) is 0 Å². The predicted molar refractivity (Wildman–Crippen MR) is 80.6 cm³/mol. The SMILES string of the molecule is CCN1CCC(Nc2cnn(CC)c(=O)c2Br)CC1. The minimum Gasteiger partial charge on any atom is -0.380 e. The maximum atomic E-state index is 12.0. The molecule has 1 N–H and O–H groups in total. The van der Waals surface area contributed by atoms with Crippen molar-refractivity contribution in [3.63, 3.8) is 0 Å². The van der Waals surface area contributed by atoms with E-state index in [1.807, 2.05) is 6.92 Å². The van der Waals surface area contributed by atoms with E-state index in [0.717, 1.165) is 38.2 Å². The van der Waals surface area contributed by atoms with Crippen LogP contribution in [0.15, 0.2) is 15.5 Å². The molecule has 106 valence electrons. The fraction of sp³-hybridized carbons (Fsp3) is 0.692. The quantitative estimate of drug-likeness (QED) is 0.917. The van der Waals surface area contributed by atoms with Crippen LogP contribution in [0.4, 0.5) is 5.69 Å². The second-order valence-electron chi connectivity index (χ2n) is 4.85. The largest absolute Gasteiger partial charge is 0.380 e. The molecule has 0 atom stereocenters. The van der Waals surface area contributed by atoms with Gasteiger partial charge in [0.1, 0.15) is 4.47 Å². The Labute approximate surface area is 122 Å². The monoisotopic (exact) mass is 328 g/mol. The molecule has 6 heteroatoms. The highest BCUT2D eigenvalue weighted by molar-refractivity contribution is 9.10. The van der Waals surface area contributed by atoms with Crippen LogP contribution in [-0.2, 0) is 6.54 Å². The molecule has 1 aliphatic heterocycles. The van der Waals surface area contributed by atoms with Gasteiger partial charge in [-0.25, -0.2) is 4.68 Å². The average molecular weight is 329 g/mol. The molecule has 0 bridgehead atoms. The first kappa shape index (κ1) is 14.5. The molecule has 2 heterocycles. The first-order valence-electron chi connectivity index (χ1n) is 6.90. The summed E-state index contributed by atoms with van der Waals surface area (Å²) in [7, 11) is 0. The highest BCUT2D eigenvalue weighted by atomic mass is 79.9. The summed E-state index contributed by atoms with van der Waals surface area (Å²) in [6.07, 6.45) is 3.95.